The number of benzene rings is 3. The van der Waals surface area contributed by atoms with Crippen LogP contribution >= 0.6 is 0 Å². The second kappa shape index (κ2) is 9.40. The molecule has 0 bridgehead atoms. The molecule has 0 aromatic heterocycles. The van der Waals surface area contributed by atoms with Crippen molar-refractivity contribution in [1.29, 1.82) is 0 Å². The first-order valence-electron chi connectivity index (χ1n) is 9.90. The lowest BCUT2D eigenvalue weighted by atomic mass is 9.98. The fourth-order valence-corrected chi connectivity index (χ4v) is 3.21. The number of carbonyl (C=O) groups is 2. The lowest BCUT2D eigenvalue weighted by molar-refractivity contribution is -0.149. The van der Waals surface area contributed by atoms with E-state index in [9.17, 15) is 9.59 Å². The fraction of sp³-hybridized carbons (Fsp3) is 0.231. The molecule has 0 aliphatic heterocycles. The number of esters is 1. The van der Waals surface area contributed by atoms with Gasteiger partial charge in [-0.2, -0.15) is 0 Å². The van der Waals surface area contributed by atoms with Gasteiger partial charge in [0.15, 0.2) is 12.7 Å². The Morgan fingerprint density at radius 2 is 1.27 bits per heavy atom. The van der Waals surface area contributed by atoms with Crippen LogP contribution < -0.4 is 4.74 Å². The molecule has 0 spiro atoms. The number of aryl methyl sites for hydroxylation is 4. The number of rotatable bonds is 7. The first kappa shape index (κ1) is 21.3. The van der Waals surface area contributed by atoms with Gasteiger partial charge in [0.05, 0.1) is 0 Å². The molecule has 0 fully saturated rings. The second-order valence-corrected chi connectivity index (χ2v) is 7.62. The van der Waals surface area contributed by atoms with Gasteiger partial charge in [-0.05, 0) is 51.0 Å². The molecule has 0 heterocycles. The second-order valence-electron chi connectivity index (χ2n) is 7.62. The molecule has 3 aromatic carbocycles. The summed E-state index contributed by atoms with van der Waals surface area (Å²) in [6.45, 7) is 7.57. The number of hydrogen-bond acceptors (Lipinski definition) is 4. The molecule has 0 aliphatic rings. The molecule has 0 aliphatic carbocycles. The van der Waals surface area contributed by atoms with Crippen molar-refractivity contribution in [2.75, 3.05) is 6.61 Å². The highest BCUT2D eigenvalue weighted by atomic mass is 16.6. The lowest BCUT2D eigenvalue weighted by Crippen LogP contribution is -2.23. The van der Waals surface area contributed by atoms with E-state index in [1.807, 2.05) is 82.3 Å². The van der Waals surface area contributed by atoms with E-state index in [0.29, 0.717) is 16.9 Å². The van der Waals surface area contributed by atoms with Crippen LogP contribution in [-0.4, -0.2) is 18.4 Å². The molecular formula is C26H26O4. The van der Waals surface area contributed by atoms with Crippen molar-refractivity contribution in [1.82, 2.24) is 0 Å². The van der Waals surface area contributed by atoms with E-state index in [-0.39, 0.29) is 12.4 Å². The molecule has 0 N–H and O–H groups in total. The van der Waals surface area contributed by atoms with Gasteiger partial charge < -0.3 is 9.47 Å². The van der Waals surface area contributed by atoms with Crippen molar-refractivity contribution in [3.63, 3.8) is 0 Å². The molecule has 154 valence electrons. The first-order chi connectivity index (χ1) is 14.3. The zero-order valence-corrected chi connectivity index (χ0v) is 17.8. The van der Waals surface area contributed by atoms with E-state index in [1.165, 1.54) is 0 Å². The summed E-state index contributed by atoms with van der Waals surface area (Å²) in [5.74, 6) is -0.264. The van der Waals surface area contributed by atoms with Crippen LogP contribution in [0.25, 0.3) is 0 Å². The van der Waals surface area contributed by atoms with Crippen LogP contribution in [0.1, 0.15) is 44.3 Å². The van der Waals surface area contributed by atoms with E-state index >= 15 is 0 Å². The Balaban J connectivity index is 1.77. The largest absolute Gasteiger partial charge is 0.482 e. The Morgan fingerprint density at radius 1 is 0.733 bits per heavy atom. The van der Waals surface area contributed by atoms with Gasteiger partial charge in [0.25, 0.3) is 0 Å². The van der Waals surface area contributed by atoms with Gasteiger partial charge in [0, 0.05) is 11.1 Å². The number of ketones is 1. The highest BCUT2D eigenvalue weighted by Crippen LogP contribution is 2.24. The number of hydrogen-bond donors (Lipinski definition) is 0. The Morgan fingerprint density at radius 3 is 1.83 bits per heavy atom. The first-order valence-corrected chi connectivity index (χ1v) is 9.90. The third-order valence-electron chi connectivity index (χ3n) is 4.76. The summed E-state index contributed by atoms with van der Waals surface area (Å²) < 4.78 is 11.2. The fourth-order valence-electron chi connectivity index (χ4n) is 3.21. The van der Waals surface area contributed by atoms with E-state index < -0.39 is 12.1 Å². The van der Waals surface area contributed by atoms with Crippen molar-refractivity contribution < 1.29 is 19.1 Å². The molecule has 0 unspecified atom stereocenters. The van der Waals surface area contributed by atoms with Gasteiger partial charge >= 0.3 is 5.97 Å². The minimum absolute atomic E-state index is 0.265. The third-order valence-corrected chi connectivity index (χ3v) is 4.76. The Hall–Kier alpha value is -3.40. The number of carbonyl (C=O) groups excluding carboxylic acids is 2. The molecule has 3 aromatic rings. The van der Waals surface area contributed by atoms with Gasteiger partial charge in [-0.1, -0.05) is 65.7 Å². The Bertz CT molecular complexity index is 1010. The van der Waals surface area contributed by atoms with Gasteiger partial charge in [0.2, 0.25) is 5.78 Å². The minimum atomic E-state index is -1.02. The van der Waals surface area contributed by atoms with Gasteiger partial charge in [-0.15, -0.1) is 0 Å². The van der Waals surface area contributed by atoms with Crippen LogP contribution in [0.5, 0.6) is 5.75 Å². The molecule has 0 saturated carbocycles. The monoisotopic (exact) mass is 402 g/mol. The molecule has 1 atom stereocenters. The smallest absolute Gasteiger partial charge is 0.345 e. The van der Waals surface area contributed by atoms with Crippen LogP contribution in [0.3, 0.4) is 0 Å². The van der Waals surface area contributed by atoms with Crippen LogP contribution in [0, 0.1) is 27.7 Å². The molecule has 4 heteroatoms. The van der Waals surface area contributed by atoms with E-state index in [4.69, 9.17) is 9.47 Å². The van der Waals surface area contributed by atoms with Crippen molar-refractivity contribution in [2.45, 2.75) is 33.8 Å². The quantitative estimate of drug-likeness (QED) is 0.389. The normalized spacial score (nSPS) is 11.6. The average Bonchev–Trinajstić information content (AvgIpc) is 2.71. The van der Waals surface area contributed by atoms with Crippen molar-refractivity contribution in [3.8, 4) is 5.75 Å². The van der Waals surface area contributed by atoms with Crippen LogP contribution in [-0.2, 0) is 9.53 Å². The lowest BCUT2D eigenvalue weighted by Gasteiger charge is -2.18. The predicted molar refractivity (Wildman–Crippen MR) is 117 cm³/mol. The maximum Gasteiger partial charge on any atom is 0.345 e. The SMILES string of the molecule is Cc1ccc(C(=O)[C@H](OC(=O)COc2cc(C)cc(C)c2)c2ccc(C)cc2)cc1. The molecular weight excluding hydrogens is 376 g/mol. The number of Topliss-reactive ketones (excluding diaryl/α,β-unsaturated/α-hetero) is 1. The maximum atomic E-state index is 13.1. The highest BCUT2D eigenvalue weighted by molar-refractivity contribution is 6.01. The summed E-state index contributed by atoms with van der Waals surface area (Å²) in [7, 11) is 0. The average molecular weight is 402 g/mol. The maximum absolute atomic E-state index is 13.1. The molecule has 0 amide bonds. The van der Waals surface area contributed by atoms with E-state index in [2.05, 4.69) is 0 Å². The van der Waals surface area contributed by atoms with Crippen molar-refractivity contribution in [2.24, 2.45) is 0 Å². The minimum Gasteiger partial charge on any atom is -0.482 e. The van der Waals surface area contributed by atoms with Crippen LogP contribution in [0.4, 0.5) is 0 Å². The summed E-state index contributed by atoms with van der Waals surface area (Å²) >= 11 is 0. The predicted octanol–water partition coefficient (Wildman–Crippen LogP) is 5.47. The topological polar surface area (TPSA) is 52.6 Å². The van der Waals surface area contributed by atoms with E-state index in [1.54, 1.807) is 12.1 Å². The standard InChI is InChI=1S/C26H26O4/c1-17-5-9-21(10-6-17)25(28)26(22-11-7-18(2)8-12-22)30-24(27)16-29-23-14-19(3)13-20(4)15-23/h5-15,26H,16H2,1-4H3/t26-/m1/s1. The summed E-state index contributed by atoms with van der Waals surface area (Å²) in [5.41, 5.74) is 5.33. The van der Waals surface area contributed by atoms with Crippen LogP contribution in [0.2, 0.25) is 0 Å². The zero-order valence-electron chi connectivity index (χ0n) is 17.8. The summed E-state index contributed by atoms with van der Waals surface area (Å²) in [6, 6.07) is 20.4. The van der Waals surface area contributed by atoms with Crippen LogP contribution in [0.15, 0.2) is 66.7 Å². The summed E-state index contributed by atoms with van der Waals surface area (Å²) in [5, 5.41) is 0. The number of ether oxygens (including phenoxy) is 2. The molecule has 0 radical (unpaired) electrons. The molecule has 30 heavy (non-hydrogen) atoms. The van der Waals surface area contributed by atoms with Crippen molar-refractivity contribution in [3.05, 3.63) is 100 Å². The van der Waals surface area contributed by atoms with Gasteiger partial charge in [0.1, 0.15) is 5.75 Å². The van der Waals surface area contributed by atoms with Gasteiger partial charge in [-0.25, -0.2) is 4.79 Å². The van der Waals surface area contributed by atoms with Gasteiger partial charge in [-0.3, -0.25) is 4.79 Å². The van der Waals surface area contributed by atoms with E-state index in [0.717, 1.165) is 22.3 Å². The highest BCUT2D eigenvalue weighted by Gasteiger charge is 2.26. The molecule has 4 nitrogen and oxygen atoms in total. The zero-order chi connectivity index (χ0) is 21.7. The third kappa shape index (κ3) is 5.57. The van der Waals surface area contributed by atoms with Crippen molar-refractivity contribution >= 4 is 11.8 Å². The summed E-state index contributed by atoms with van der Waals surface area (Å²) in [4.78, 5) is 25.6. The molecule has 3 rings (SSSR count). The Labute approximate surface area is 177 Å². The Kier molecular flexibility index (Phi) is 6.68. The summed E-state index contributed by atoms with van der Waals surface area (Å²) in [6.07, 6.45) is -1.02. The molecule has 0 saturated heterocycles.